The molecular formula is C17H21N3O2. The molecule has 0 atom stereocenters. The molecule has 0 aromatic carbocycles. The minimum absolute atomic E-state index is 0.245. The molecule has 2 aromatic rings. The summed E-state index contributed by atoms with van der Waals surface area (Å²) >= 11 is 0. The van der Waals surface area contributed by atoms with Gasteiger partial charge in [-0.05, 0) is 44.9 Å². The monoisotopic (exact) mass is 299 g/mol. The van der Waals surface area contributed by atoms with Crippen LogP contribution in [0.3, 0.4) is 0 Å². The molecule has 2 aromatic heterocycles. The predicted octanol–water partition coefficient (Wildman–Crippen LogP) is 3.36. The summed E-state index contributed by atoms with van der Waals surface area (Å²) in [6.45, 7) is 6.92. The number of nitrogens with zero attached hydrogens (tertiary/aromatic N) is 3. The van der Waals surface area contributed by atoms with Gasteiger partial charge in [0.15, 0.2) is 0 Å². The zero-order valence-corrected chi connectivity index (χ0v) is 13.2. The fourth-order valence-electron chi connectivity index (χ4n) is 2.63. The van der Waals surface area contributed by atoms with Crippen molar-refractivity contribution in [3.05, 3.63) is 42.2 Å². The second-order valence-corrected chi connectivity index (χ2v) is 6.49. The SMILES string of the molecule is CC(C)(C)OC(=O)N1CC=C(c2cccn3nccc23)CC1. The lowest BCUT2D eigenvalue weighted by Crippen LogP contribution is -2.39. The first-order valence-electron chi connectivity index (χ1n) is 7.54. The van der Waals surface area contributed by atoms with E-state index < -0.39 is 5.60 Å². The molecule has 22 heavy (non-hydrogen) atoms. The second-order valence-electron chi connectivity index (χ2n) is 6.49. The molecule has 3 heterocycles. The van der Waals surface area contributed by atoms with Crippen LogP contribution in [0.15, 0.2) is 36.7 Å². The molecule has 0 N–H and O–H groups in total. The molecule has 0 bridgehead atoms. The number of pyridine rings is 1. The van der Waals surface area contributed by atoms with E-state index in [1.165, 1.54) is 11.1 Å². The van der Waals surface area contributed by atoms with E-state index >= 15 is 0 Å². The van der Waals surface area contributed by atoms with Gasteiger partial charge < -0.3 is 9.64 Å². The number of fused-ring (bicyclic) bond motifs is 1. The number of carbonyl (C=O) groups excluding carboxylic acids is 1. The first-order valence-corrected chi connectivity index (χ1v) is 7.54. The van der Waals surface area contributed by atoms with Gasteiger partial charge in [-0.3, -0.25) is 0 Å². The van der Waals surface area contributed by atoms with Crippen molar-refractivity contribution in [2.45, 2.75) is 32.8 Å². The molecule has 0 saturated heterocycles. The molecule has 0 spiro atoms. The van der Waals surface area contributed by atoms with E-state index in [0.29, 0.717) is 13.1 Å². The molecule has 1 aliphatic rings. The van der Waals surface area contributed by atoms with Crippen LogP contribution >= 0.6 is 0 Å². The summed E-state index contributed by atoms with van der Waals surface area (Å²) in [6, 6.07) is 6.11. The molecule has 0 fully saturated rings. The number of rotatable bonds is 1. The highest BCUT2D eigenvalue weighted by atomic mass is 16.6. The third-order valence-corrected chi connectivity index (χ3v) is 3.64. The zero-order chi connectivity index (χ0) is 15.7. The summed E-state index contributed by atoms with van der Waals surface area (Å²) < 4.78 is 7.29. The van der Waals surface area contributed by atoms with E-state index in [-0.39, 0.29) is 6.09 Å². The van der Waals surface area contributed by atoms with Crippen molar-refractivity contribution >= 4 is 17.2 Å². The molecule has 3 rings (SSSR count). The Morgan fingerprint density at radius 1 is 1.32 bits per heavy atom. The predicted molar refractivity (Wildman–Crippen MR) is 85.6 cm³/mol. The Kier molecular flexibility index (Phi) is 3.64. The topological polar surface area (TPSA) is 46.8 Å². The molecular weight excluding hydrogens is 278 g/mol. The summed E-state index contributed by atoms with van der Waals surface area (Å²) in [5, 5.41) is 4.26. The van der Waals surface area contributed by atoms with Crippen molar-refractivity contribution in [1.29, 1.82) is 0 Å². The van der Waals surface area contributed by atoms with Gasteiger partial charge in [-0.2, -0.15) is 5.10 Å². The molecule has 5 heteroatoms. The molecule has 1 aliphatic heterocycles. The largest absolute Gasteiger partial charge is 0.444 e. The van der Waals surface area contributed by atoms with Crippen LogP contribution in [0.1, 0.15) is 32.8 Å². The van der Waals surface area contributed by atoms with Gasteiger partial charge in [-0.15, -0.1) is 0 Å². The number of hydrogen-bond donors (Lipinski definition) is 0. The maximum Gasteiger partial charge on any atom is 0.410 e. The Morgan fingerprint density at radius 2 is 2.14 bits per heavy atom. The number of ether oxygens (including phenoxy) is 1. The molecule has 0 aliphatic carbocycles. The second kappa shape index (κ2) is 5.48. The highest BCUT2D eigenvalue weighted by Gasteiger charge is 2.24. The standard InChI is InChI=1S/C17H21N3O2/c1-17(2,3)22-16(21)19-11-7-13(8-12-19)14-5-4-10-20-15(14)6-9-18-20/h4-7,9-10H,8,11-12H2,1-3H3. The summed E-state index contributed by atoms with van der Waals surface area (Å²) in [5.41, 5.74) is 3.08. The first-order chi connectivity index (χ1) is 10.4. The average Bonchev–Trinajstić information content (AvgIpc) is 2.94. The fourth-order valence-corrected chi connectivity index (χ4v) is 2.63. The van der Waals surface area contributed by atoms with E-state index in [1.807, 2.05) is 43.6 Å². The molecule has 0 radical (unpaired) electrons. The van der Waals surface area contributed by atoms with Gasteiger partial charge >= 0.3 is 6.09 Å². The van der Waals surface area contributed by atoms with Crippen LogP contribution in [-0.2, 0) is 4.74 Å². The van der Waals surface area contributed by atoms with Crippen molar-refractivity contribution in [3.8, 4) is 0 Å². The number of aromatic nitrogens is 2. The van der Waals surface area contributed by atoms with Crippen molar-refractivity contribution in [2.75, 3.05) is 13.1 Å². The van der Waals surface area contributed by atoms with Crippen LogP contribution in [0.2, 0.25) is 0 Å². The Morgan fingerprint density at radius 3 is 2.82 bits per heavy atom. The normalized spacial score (nSPS) is 15.8. The van der Waals surface area contributed by atoms with Gasteiger partial charge in [0.2, 0.25) is 0 Å². The smallest absolute Gasteiger partial charge is 0.410 e. The molecule has 1 amide bonds. The summed E-state index contributed by atoms with van der Waals surface area (Å²) in [6.07, 6.45) is 6.43. The van der Waals surface area contributed by atoms with Crippen molar-refractivity contribution in [1.82, 2.24) is 14.5 Å². The lowest BCUT2D eigenvalue weighted by molar-refractivity contribution is 0.0270. The van der Waals surface area contributed by atoms with Gasteiger partial charge in [0.05, 0.1) is 5.52 Å². The maximum absolute atomic E-state index is 12.1. The molecule has 0 saturated carbocycles. The van der Waals surface area contributed by atoms with Crippen LogP contribution in [0.4, 0.5) is 4.79 Å². The van der Waals surface area contributed by atoms with Crippen molar-refractivity contribution in [2.24, 2.45) is 0 Å². The maximum atomic E-state index is 12.1. The van der Waals surface area contributed by atoms with Crippen LogP contribution in [-0.4, -0.2) is 39.3 Å². The highest BCUT2D eigenvalue weighted by Crippen LogP contribution is 2.26. The quantitative estimate of drug-likeness (QED) is 0.811. The average molecular weight is 299 g/mol. The zero-order valence-electron chi connectivity index (χ0n) is 13.2. The Labute approximate surface area is 130 Å². The number of hydrogen-bond acceptors (Lipinski definition) is 3. The van der Waals surface area contributed by atoms with E-state index in [9.17, 15) is 4.79 Å². The Hall–Kier alpha value is -2.30. The van der Waals surface area contributed by atoms with Crippen LogP contribution in [0, 0.1) is 0 Å². The lowest BCUT2D eigenvalue weighted by atomic mass is 9.99. The van der Waals surface area contributed by atoms with Gasteiger partial charge in [0, 0.05) is 31.0 Å². The van der Waals surface area contributed by atoms with Crippen LogP contribution < -0.4 is 0 Å². The number of amides is 1. The minimum atomic E-state index is -0.454. The summed E-state index contributed by atoms with van der Waals surface area (Å²) in [4.78, 5) is 13.8. The Bertz CT molecular complexity index is 725. The number of carbonyl (C=O) groups is 1. The van der Waals surface area contributed by atoms with Gasteiger partial charge in [0.1, 0.15) is 5.60 Å². The first kappa shape index (κ1) is 14.6. The summed E-state index contributed by atoms with van der Waals surface area (Å²) in [7, 11) is 0. The van der Waals surface area contributed by atoms with Crippen LogP contribution in [0.5, 0.6) is 0 Å². The van der Waals surface area contributed by atoms with E-state index in [4.69, 9.17) is 4.74 Å². The van der Waals surface area contributed by atoms with E-state index in [1.54, 1.807) is 11.1 Å². The fraction of sp³-hybridized carbons (Fsp3) is 0.412. The highest BCUT2D eigenvalue weighted by molar-refractivity contribution is 5.80. The van der Waals surface area contributed by atoms with Gasteiger partial charge in [-0.1, -0.05) is 12.1 Å². The van der Waals surface area contributed by atoms with E-state index in [0.717, 1.165) is 11.9 Å². The Balaban J connectivity index is 1.77. The lowest BCUT2D eigenvalue weighted by Gasteiger charge is -2.29. The van der Waals surface area contributed by atoms with Crippen molar-refractivity contribution < 1.29 is 9.53 Å². The molecule has 116 valence electrons. The minimum Gasteiger partial charge on any atom is -0.444 e. The van der Waals surface area contributed by atoms with Gasteiger partial charge in [-0.25, -0.2) is 9.31 Å². The van der Waals surface area contributed by atoms with Crippen LogP contribution in [0.25, 0.3) is 11.1 Å². The third-order valence-electron chi connectivity index (χ3n) is 3.64. The van der Waals surface area contributed by atoms with Gasteiger partial charge in [0.25, 0.3) is 0 Å². The molecule has 5 nitrogen and oxygen atoms in total. The summed E-state index contributed by atoms with van der Waals surface area (Å²) in [5.74, 6) is 0. The molecule has 0 unspecified atom stereocenters. The van der Waals surface area contributed by atoms with E-state index in [2.05, 4.69) is 17.2 Å². The van der Waals surface area contributed by atoms with Crippen molar-refractivity contribution in [3.63, 3.8) is 0 Å². The third kappa shape index (κ3) is 2.98.